The quantitative estimate of drug-likeness (QED) is 0.470. The molecule has 3 aromatic rings. The number of likely N-dealkylation sites (N-methyl/N-ethyl adjacent to an activating group) is 1. The first-order chi connectivity index (χ1) is 15.4. The van der Waals surface area contributed by atoms with E-state index in [1.807, 2.05) is 43.0 Å². The highest BCUT2D eigenvalue weighted by atomic mass is 35.5. The highest BCUT2D eigenvalue weighted by molar-refractivity contribution is 6.30. The van der Waals surface area contributed by atoms with Crippen LogP contribution in [0.1, 0.15) is 25.0 Å². The number of hydrogen-bond donors (Lipinski definition) is 0. The van der Waals surface area contributed by atoms with E-state index in [1.54, 1.807) is 19.4 Å². The number of benzene rings is 2. The number of hydrogen-bond acceptors (Lipinski definition) is 4. The van der Waals surface area contributed by atoms with Crippen LogP contribution in [0, 0.1) is 6.92 Å². The van der Waals surface area contributed by atoms with Gasteiger partial charge >= 0.3 is 0 Å². The number of amides is 1. The predicted octanol–water partition coefficient (Wildman–Crippen LogP) is 5.64. The van der Waals surface area contributed by atoms with Crippen molar-refractivity contribution in [2.75, 3.05) is 39.8 Å². The number of halogens is 1. The monoisotopic (exact) mass is 452 g/mol. The fourth-order valence-corrected chi connectivity index (χ4v) is 4.49. The summed E-state index contributed by atoms with van der Waals surface area (Å²) in [4.78, 5) is 17.2. The summed E-state index contributed by atoms with van der Waals surface area (Å²) in [7, 11) is 1.65. The van der Waals surface area contributed by atoms with Gasteiger partial charge < -0.3 is 19.0 Å². The molecule has 1 saturated heterocycles. The minimum absolute atomic E-state index is 0.0446. The van der Waals surface area contributed by atoms with Crippen LogP contribution < -0.4 is 4.74 Å². The Kier molecular flexibility index (Phi) is 6.58. The summed E-state index contributed by atoms with van der Waals surface area (Å²) in [6, 6.07) is 9.76. The summed E-state index contributed by atoms with van der Waals surface area (Å²) >= 11 is 6.07. The van der Waals surface area contributed by atoms with Gasteiger partial charge in [0.25, 0.3) is 0 Å². The first kappa shape index (κ1) is 22.4. The molecule has 0 atom stereocenters. The van der Waals surface area contributed by atoms with Crippen LogP contribution in [0.15, 0.2) is 47.1 Å². The lowest BCUT2D eigenvalue weighted by atomic mass is 9.96. The van der Waals surface area contributed by atoms with Crippen molar-refractivity contribution >= 4 is 34.1 Å². The molecule has 32 heavy (non-hydrogen) atoms. The molecule has 1 aliphatic heterocycles. The Morgan fingerprint density at radius 3 is 2.50 bits per heavy atom. The molecule has 2 heterocycles. The van der Waals surface area contributed by atoms with Crippen LogP contribution in [0.4, 0.5) is 0 Å². The fraction of sp³-hybridized carbons (Fsp3) is 0.346. The van der Waals surface area contributed by atoms with E-state index in [0.717, 1.165) is 77.3 Å². The minimum atomic E-state index is 0.0446. The standard InChI is InChI=1S/C26H29ClN2O3/c1-5-28-10-12-29(13-11-28)24(30)14-17(2)21-15-22-23(19-6-8-20(27)9-7-19)16-32-26(22)18(3)25(21)31-4/h6-9,14-16H,5,10-13H2,1-4H3/b17-14+. The van der Waals surface area contributed by atoms with Crippen molar-refractivity contribution in [2.24, 2.45) is 0 Å². The smallest absolute Gasteiger partial charge is 0.246 e. The van der Waals surface area contributed by atoms with Crippen molar-refractivity contribution in [2.45, 2.75) is 20.8 Å². The molecule has 6 heteroatoms. The van der Waals surface area contributed by atoms with Gasteiger partial charge in [-0.05, 0) is 49.7 Å². The van der Waals surface area contributed by atoms with E-state index in [2.05, 4.69) is 17.9 Å². The topological polar surface area (TPSA) is 45.9 Å². The SMILES string of the molecule is CCN1CCN(C(=O)/C=C(\C)c2cc3c(-c4ccc(Cl)cc4)coc3c(C)c2OC)CC1. The molecule has 0 unspecified atom stereocenters. The number of furan rings is 1. The number of allylic oxidation sites excluding steroid dienone is 1. The van der Waals surface area contributed by atoms with Gasteiger partial charge in [0.1, 0.15) is 11.3 Å². The van der Waals surface area contributed by atoms with Crippen molar-refractivity contribution in [1.29, 1.82) is 0 Å². The Bertz CT molecular complexity index is 1160. The Morgan fingerprint density at radius 1 is 1.19 bits per heavy atom. The lowest BCUT2D eigenvalue weighted by Crippen LogP contribution is -2.48. The Hall–Kier alpha value is -2.76. The zero-order valence-corrected chi connectivity index (χ0v) is 19.8. The van der Waals surface area contributed by atoms with E-state index < -0.39 is 0 Å². The molecule has 0 bridgehead atoms. The van der Waals surface area contributed by atoms with Crippen LogP contribution in [-0.4, -0.2) is 55.5 Å². The van der Waals surface area contributed by atoms with E-state index in [-0.39, 0.29) is 5.91 Å². The van der Waals surface area contributed by atoms with E-state index in [9.17, 15) is 4.79 Å². The summed E-state index contributed by atoms with van der Waals surface area (Å²) in [6.45, 7) is 10.5. The fourth-order valence-electron chi connectivity index (χ4n) is 4.36. The van der Waals surface area contributed by atoms with Crippen LogP contribution in [0.3, 0.4) is 0 Å². The molecule has 0 N–H and O–H groups in total. The second-order valence-electron chi connectivity index (χ2n) is 8.20. The van der Waals surface area contributed by atoms with Gasteiger partial charge in [-0.25, -0.2) is 0 Å². The molecule has 1 aromatic heterocycles. The van der Waals surface area contributed by atoms with Gasteiger partial charge in [-0.15, -0.1) is 0 Å². The summed E-state index contributed by atoms with van der Waals surface area (Å²) in [5.41, 5.74) is 5.48. The maximum absolute atomic E-state index is 13.0. The summed E-state index contributed by atoms with van der Waals surface area (Å²) < 4.78 is 11.7. The first-order valence-electron chi connectivity index (χ1n) is 11.0. The zero-order valence-electron chi connectivity index (χ0n) is 19.1. The number of fused-ring (bicyclic) bond motifs is 1. The number of piperazine rings is 1. The number of rotatable bonds is 5. The van der Waals surface area contributed by atoms with Crippen LogP contribution in [0.25, 0.3) is 27.7 Å². The lowest BCUT2D eigenvalue weighted by molar-refractivity contribution is -0.127. The number of carbonyl (C=O) groups excluding carboxylic acids is 1. The number of ether oxygens (including phenoxy) is 1. The van der Waals surface area contributed by atoms with E-state index >= 15 is 0 Å². The molecule has 5 nitrogen and oxygen atoms in total. The summed E-state index contributed by atoms with van der Waals surface area (Å²) in [6.07, 6.45) is 3.49. The van der Waals surface area contributed by atoms with Gasteiger partial charge in [-0.3, -0.25) is 4.79 Å². The van der Waals surface area contributed by atoms with E-state index in [0.29, 0.717) is 5.02 Å². The molecular formula is C26H29ClN2O3. The summed E-state index contributed by atoms with van der Waals surface area (Å²) in [5.74, 6) is 0.773. The maximum atomic E-state index is 13.0. The molecule has 0 saturated carbocycles. The van der Waals surface area contributed by atoms with Crippen molar-refractivity contribution in [3.63, 3.8) is 0 Å². The second-order valence-corrected chi connectivity index (χ2v) is 8.64. The third-order valence-corrected chi connectivity index (χ3v) is 6.55. The third kappa shape index (κ3) is 4.27. The molecule has 4 rings (SSSR count). The number of nitrogens with zero attached hydrogens (tertiary/aromatic N) is 2. The number of carbonyl (C=O) groups is 1. The molecule has 1 aliphatic rings. The molecule has 1 amide bonds. The van der Waals surface area contributed by atoms with Gasteiger partial charge in [0.15, 0.2) is 0 Å². The van der Waals surface area contributed by atoms with Gasteiger partial charge in [-0.1, -0.05) is 30.7 Å². The number of methoxy groups -OCH3 is 1. The first-order valence-corrected chi connectivity index (χ1v) is 11.3. The van der Waals surface area contributed by atoms with Crippen LogP contribution in [0.2, 0.25) is 5.02 Å². The van der Waals surface area contributed by atoms with E-state index in [4.69, 9.17) is 20.8 Å². The van der Waals surface area contributed by atoms with Gasteiger partial charge in [0, 0.05) is 59.4 Å². The molecule has 0 aliphatic carbocycles. The van der Waals surface area contributed by atoms with Crippen LogP contribution in [0.5, 0.6) is 5.75 Å². The van der Waals surface area contributed by atoms with Gasteiger partial charge in [0.05, 0.1) is 13.4 Å². The Labute approximate surface area is 194 Å². The lowest BCUT2D eigenvalue weighted by Gasteiger charge is -2.33. The molecule has 1 fully saturated rings. The minimum Gasteiger partial charge on any atom is -0.496 e. The predicted molar refractivity (Wildman–Crippen MR) is 130 cm³/mol. The van der Waals surface area contributed by atoms with Crippen molar-refractivity contribution in [3.8, 4) is 16.9 Å². The highest BCUT2D eigenvalue weighted by Gasteiger charge is 2.21. The molecule has 0 spiro atoms. The van der Waals surface area contributed by atoms with Gasteiger partial charge in [-0.2, -0.15) is 0 Å². The third-order valence-electron chi connectivity index (χ3n) is 6.30. The molecular weight excluding hydrogens is 424 g/mol. The molecule has 2 aromatic carbocycles. The normalized spacial score (nSPS) is 15.4. The molecule has 0 radical (unpaired) electrons. The maximum Gasteiger partial charge on any atom is 0.246 e. The average Bonchev–Trinajstić information content (AvgIpc) is 3.24. The van der Waals surface area contributed by atoms with Crippen molar-refractivity contribution in [3.05, 3.63) is 58.8 Å². The summed E-state index contributed by atoms with van der Waals surface area (Å²) in [5, 5.41) is 1.68. The second kappa shape index (κ2) is 9.39. The molecule has 168 valence electrons. The largest absolute Gasteiger partial charge is 0.496 e. The van der Waals surface area contributed by atoms with Crippen molar-refractivity contribution < 1.29 is 13.9 Å². The van der Waals surface area contributed by atoms with Crippen LogP contribution >= 0.6 is 11.6 Å². The highest BCUT2D eigenvalue weighted by Crippen LogP contribution is 2.40. The van der Waals surface area contributed by atoms with E-state index in [1.165, 1.54) is 0 Å². The van der Waals surface area contributed by atoms with Crippen LogP contribution in [-0.2, 0) is 4.79 Å². The Morgan fingerprint density at radius 2 is 1.88 bits per heavy atom. The zero-order chi connectivity index (χ0) is 22.8. The average molecular weight is 453 g/mol. The number of aryl methyl sites for hydroxylation is 1. The van der Waals surface area contributed by atoms with Crippen molar-refractivity contribution in [1.82, 2.24) is 9.80 Å². The Balaban J connectivity index is 1.72. The van der Waals surface area contributed by atoms with Gasteiger partial charge in [0.2, 0.25) is 5.91 Å².